The molecule has 12 nitrogen and oxygen atoms in total. The summed E-state index contributed by atoms with van der Waals surface area (Å²) in [5.41, 5.74) is 2.52. The van der Waals surface area contributed by atoms with Gasteiger partial charge in [-0.05, 0) is 63.2 Å². The number of imide groups is 1. The van der Waals surface area contributed by atoms with E-state index in [0.29, 0.717) is 6.07 Å². The third-order valence-corrected chi connectivity index (χ3v) is 6.40. The van der Waals surface area contributed by atoms with Gasteiger partial charge < -0.3 is 25.3 Å². The Labute approximate surface area is 258 Å². The number of esters is 1. The van der Waals surface area contributed by atoms with Crippen molar-refractivity contribution in [2.24, 2.45) is 5.73 Å². The van der Waals surface area contributed by atoms with Crippen LogP contribution in [-0.4, -0.2) is 53.4 Å². The average Bonchev–Trinajstić information content (AvgIpc) is 3.22. The molecule has 3 amide bonds. The number of benzene rings is 3. The molecule has 0 saturated carbocycles. The summed E-state index contributed by atoms with van der Waals surface area (Å²) in [7, 11) is 0. The number of nitrogen functional groups attached to an aromatic ring is 1. The van der Waals surface area contributed by atoms with Gasteiger partial charge in [-0.2, -0.15) is 18.2 Å². The van der Waals surface area contributed by atoms with Crippen LogP contribution in [0.4, 0.5) is 23.2 Å². The third-order valence-electron chi connectivity index (χ3n) is 6.40. The summed E-state index contributed by atoms with van der Waals surface area (Å²) in [6.07, 6.45) is -6.23. The van der Waals surface area contributed by atoms with E-state index >= 15 is 4.39 Å². The molecule has 1 unspecified atom stereocenters. The van der Waals surface area contributed by atoms with Crippen molar-refractivity contribution in [1.82, 2.24) is 10.4 Å². The molecule has 0 bridgehead atoms. The molecule has 1 atom stereocenters. The zero-order chi connectivity index (χ0) is 34.0. The number of hydrogen-bond acceptors (Lipinski definition) is 9. The molecular weight excluding hydrogens is 618 g/mol. The number of halogens is 4. The molecule has 46 heavy (non-hydrogen) atoms. The normalized spacial score (nSPS) is 14.0. The van der Waals surface area contributed by atoms with Crippen LogP contribution in [0.2, 0.25) is 0 Å². The van der Waals surface area contributed by atoms with Crippen molar-refractivity contribution in [2.45, 2.75) is 38.8 Å². The fraction of sp³-hybridized carbons (Fsp3) is 0.233. The van der Waals surface area contributed by atoms with Crippen LogP contribution in [0, 0.1) is 11.2 Å². The van der Waals surface area contributed by atoms with Crippen molar-refractivity contribution in [3.63, 3.8) is 0 Å². The molecule has 0 spiro atoms. The topological polar surface area (TPSA) is 173 Å². The summed E-state index contributed by atoms with van der Waals surface area (Å²) in [5, 5.41) is 10.1. The molecule has 4 rings (SSSR count). The van der Waals surface area contributed by atoms with Gasteiger partial charge in [0.2, 0.25) is 0 Å². The Morgan fingerprint density at radius 2 is 1.57 bits per heavy atom. The van der Waals surface area contributed by atoms with Gasteiger partial charge in [0.1, 0.15) is 11.7 Å². The average molecular weight is 646 g/mol. The molecule has 0 saturated heterocycles. The molecule has 1 aliphatic heterocycles. The molecule has 1 aliphatic rings. The highest BCUT2D eigenvalue weighted by molar-refractivity contribution is 6.22. The van der Waals surface area contributed by atoms with Crippen LogP contribution in [0.15, 0.2) is 60.7 Å². The number of carbonyl (C=O) groups is 4. The molecule has 16 heteroatoms. The Kier molecular flexibility index (Phi) is 9.21. The van der Waals surface area contributed by atoms with E-state index in [1.54, 1.807) is 20.8 Å². The van der Waals surface area contributed by atoms with Crippen molar-refractivity contribution < 1.29 is 51.0 Å². The van der Waals surface area contributed by atoms with Gasteiger partial charge in [-0.25, -0.2) is 9.18 Å². The number of amidine groups is 1. The van der Waals surface area contributed by atoms with Gasteiger partial charge in [0.15, 0.2) is 11.5 Å². The SMILES string of the molecule is CCOc1cc(C(Nc2ccc(C(=N)N)cc2)(OC(=O)C(F)(F)F)C(=O)NN2C(=O)c3ccccc3C2=O)c(F)cc1OC(C)C. The van der Waals surface area contributed by atoms with Crippen molar-refractivity contribution in [3.05, 3.63) is 88.7 Å². The lowest BCUT2D eigenvalue weighted by molar-refractivity contribution is -0.214. The number of anilines is 1. The van der Waals surface area contributed by atoms with Gasteiger partial charge in [0.25, 0.3) is 17.5 Å². The van der Waals surface area contributed by atoms with Gasteiger partial charge in [0, 0.05) is 17.3 Å². The number of rotatable bonds is 11. The molecule has 0 radical (unpaired) electrons. The Balaban J connectivity index is 1.95. The van der Waals surface area contributed by atoms with Gasteiger partial charge in [0.05, 0.1) is 29.4 Å². The zero-order valence-corrected chi connectivity index (χ0v) is 24.5. The van der Waals surface area contributed by atoms with Crippen LogP contribution in [-0.2, 0) is 20.1 Å². The van der Waals surface area contributed by atoms with Gasteiger partial charge in [-0.15, -0.1) is 0 Å². The number of nitrogens with zero attached hydrogens (tertiary/aromatic N) is 1. The van der Waals surface area contributed by atoms with Crippen LogP contribution < -0.4 is 25.9 Å². The Morgan fingerprint density at radius 3 is 2.07 bits per heavy atom. The summed E-state index contributed by atoms with van der Waals surface area (Å²) in [6, 6.07) is 11.7. The minimum Gasteiger partial charge on any atom is -0.490 e. The highest BCUT2D eigenvalue weighted by atomic mass is 19.4. The first-order valence-electron chi connectivity index (χ1n) is 13.5. The molecule has 5 N–H and O–H groups in total. The predicted octanol–water partition coefficient (Wildman–Crippen LogP) is 3.99. The van der Waals surface area contributed by atoms with Crippen LogP contribution in [0.5, 0.6) is 11.5 Å². The fourth-order valence-electron chi connectivity index (χ4n) is 4.40. The second-order valence-corrected chi connectivity index (χ2v) is 10.00. The zero-order valence-electron chi connectivity index (χ0n) is 24.5. The van der Waals surface area contributed by atoms with Crippen molar-refractivity contribution in [3.8, 4) is 11.5 Å². The number of alkyl halides is 3. The predicted molar refractivity (Wildman–Crippen MR) is 153 cm³/mol. The second-order valence-electron chi connectivity index (χ2n) is 10.00. The molecule has 3 aromatic carbocycles. The Hall–Kier alpha value is -5.67. The largest absolute Gasteiger partial charge is 0.491 e. The first kappa shape index (κ1) is 33.2. The molecule has 242 valence electrons. The number of nitrogens with one attached hydrogen (secondary N) is 3. The fourth-order valence-corrected chi connectivity index (χ4v) is 4.40. The number of hydrogen-bond donors (Lipinski definition) is 4. The van der Waals surface area contributed by atoms with E-state index in [2.05, 4.69) is 5.32 Å². The Morgan fingerprint density at radius 1 is 0.978 bits per heavy atom. The number of fused-ring (bicyclic) bond motifs is 1. The maximum Gasteiger partial charge on any atom is 0.491 e. The third kappa shape index (κ3) is 6.55. The van der Waals surface area contributed by atoms with Gasteiger partial charge in [-0.3, -0.25) is 25.2 Å². The minimum atomic E-state index is -5.71. The van der Waals surface area contributed by atoms with Crippen LogP contribution >= 0.6 is 0 Å². The van der Waals surface area contributed by atoms with E-state index in [0.717, 1.165) is 18.2 Å². The number of hydrazine groups is 1. The molecule has 3 aromatic rings. The van der Waals surface area contributed by atoms with Crippen LogP contribution in [0.3, 0.4) is 0 Å². The van der Waals surface area contributed by atoms with E-state index in [1.807, 2.05) is 5.43 Å². The summed E-state index contributed by atoms with van der Waals surface area (Å²) in [6.45, 7) is 4.72. The van der Waals surface area contributed by atoms with Crippen LogP contribution in [0.25, 0.3) is 0 Å². The first-order chi connectivity index (χ1) is 21.6. The minimum absolute atomic E-state index is 0.0456. The molecular formula is C30H27F4N5O7. The monoisotopic (exact) mass is 645 g/mol. The highest BCUT2D eigenvalue weighted by Crippen LogP contribution is 2.40. The number of carbonyl (C=O) groups excluding carboxylic acids is 4. The number of amides is 3. The highest BCUT2D eigenvalue weighted by Gasteiger charge is 2.54. The number of ether oxygens (including phenoxy) is 3. The lowest BCUT2D eigenvalue weighted by atomic mass is 9.98. The Bertz CT molecular complexity index is 1680. The first-order valence-corrected chi connectivity index (χ1v) is 13.5. The molecule has 0 fully saturated rings. The molecule has 0 aliphatic carbocycles. The van der Waals surface area contributed by atoms with Crippen molar-refractivity contribution >= 4 is 35.2 Å². The second kappa shape index (κ2) is 12.7. The maximum atomic E-state index is 16.1. The lowest BCUT2D eigenvalue weighted by Crippen LogP contribution is -2.59. The summed E-state index contributed by atoms with van der Waals surface area (Å²) in [5.74, 6) is -9.06. The summed E-state index contributed by atoms with van der Waals surface area (Å²) in [4.78, 5) is 52.6. The molecule has 1 heterocycles. The molecule has 0 aromatic heterocycles. The van der Waals surface area contributed by atoms with Gasteiger partial charge >= 0.3 is 18.1 Å². The van der Waals surface area contributed by atoms with Crippen molar-refractivity contribution in [1.29, 1.82) is 5.41 Å². The lowest BCUT2D eigenvalue weighted by Gasteiger charge is -2.35. The summed E-state index contributed by atoms with van der Waals surface area (Å²) >= 11 is 0. The van der Waals surface area contributed by atoms with Crippen molar-refractivity contribution in [2.75, 3.05) is 11.9 Å². The summed E-state index contributed by atoms with van der Waals surface area (Å²) < 4.78 is 73.1. The standard InChI is InChI=1S/C30H27F4N5O7/c1-4-44-22-13-20(21(31)14-23(22)45-15(2)3)29(46-28(43)30(32,33)34,37-17-11-9-16(10-12-17)24(35)36)27(42)38-39-25(40)18-7-5-6-8-19(18)26(39)41/h5-15,37H,4H2,1-3H3,(H3,35,36)(H,38,42). The van der Waals surface area contributed by atoms with Gasteiger partial charge in [-0.1, -0.05) is 12.1 Å². The van der Waals surface area contributed by atoms with E-state index in [1.165, 1.54) is 36.4 Å². The maximum absolute atomic E-state index is 16.1. The van der Waals surface area contributed by atoms with E-state index in [4.69, 9.17) is 25.4 Å². The van der Waals surface area contributed by atoms with Crippen LogP contribution in [0.1, 0.15) is 52.6 Å². The smallest absolute Gasteiger partial charge is 0.490 e. The van der Waals surface area contributed by atoms with E-state index in [9.17, 15) is 32.3 Å². The van der Waals surface area contributed by atoms with E-state index < -0.39 is 53.1 Å². The quantitative estimate of drug-likeness (QED) is 0.0601. The number of nitrogens with two attached hydrogens (primary N) is 1. The van der Waals surface area contributed by atoms with E-state index in [-0.39, 0.29) is 51.3 Å².